The number of rotatable bonds is 7. The third kappa shape index (κ3) is 5.82. The molecule has 1 aliphatic heterocycles. The molecule has 30 heavy (non-hydrogen) atoms. The molecule has 0 saturated heterocycles. The maximum atomic E-state index is 12.8. The minimum absolute atomic E-state index is 0. The molecule has 0 saturated carbocycles. The maximum Gasteiger partial charge on any atom is 0.237 e. The summed E-state index contributed by atoms with van der Waals surface area (Å²) in [5.41, 5.74) is 2.92. The fourth-order valence-corrected chi connectivity index (χ4v) is 5.15. The fourth-order valence-electron chi connectivity index (χ4n) is 3.48. The summed E-state index contributed by atoms with van der Waals surface area (Å²) in [6.07, 6.45) is 2.61. The van der Waals surface area contributed by atoms with Gasteiger partial charge in [0.2, 0.25) is 10.0 Å². The van der Waals surface area contributed by atoms with E-state index in [4.69, 9.17) is 11.6 Å². The molecule has 2 aromatic rings. The molecule has 3 rings (SSSR count). The Morgan fingerprint density at radius 2 is 2.07 bits per heavy atom. The molecule has 2 heterocycles. The summed E-state index contributed by atoms with van der Waals surface area (Å²) in [5, 5.41) is 3.92. The smallest absolute Gasteiger partial charge is 0.237 e. The van der Waals surface area contributed by atoms with Gasteiger partial charge in [0.15, 0.2) is 5.96 Å². The number of para-hydroxylation sites is 1. The number of sulfonamides is 1. The SMILES string of the molecule is CCNC(=NCCS(=O)(=O)N1CCc2ccccc21)N(C)Cc1cc(Cl)cn1C.I. The minimum atomic E-state index is -3.41. The quantitative estimate of drug-likeness (QED) is 0.318. The molecule has 1 N–H and O–H groups in total. The van der Waals surface area contributed by atoms with Gasteiger partial charge in [0.25, 0.3) is 0 Å². The molecule has 0 atom stereocenters. The van der Waals surface area contributed by atoms with Gasteiger partial charge in [0.05, 0.1) is 29.6 Å². The molecule has 1 aromatic heterocycles. The zero-order valence-electron chi connectivity index (χ0n) is 17.5. The van der Waals surface area contributed by atoms with Crippen LogP contribution in [0.15, 0.2) is 41.5 Å². The number of aliphatic imine (C=N–C) groups is 1. The highest BCUT2D eigenvalue weighted by molar-refractivity contribution is 14.0. The second-order valence-electron chi connectivity index (χ2n) is 7.12. The number of aromatic nitrogens is 1. The third-order valence-electron chi connectivity index (χ3n) is 4.96. The third-order valence-corrected chi connectivity index (χ3v) is 6.92. The maximum absolute atomic E-state index is 12.8. The first-order valence-electron chi connectivity index (χ1n) is 9.70. The van der Waals surface area contributed by atoms with Gasteiger partial charge in [-0.05, 0) is 31.0 Å². The Kier molecular flexibility index (Phi) is 8.86. The molecule has 10 heteroatoms. The first-order chi connectivity index (χ1) is 13.8. The van der Waals surface area contributed by atoms with Crippen LogP contribution in [-0.4, -0.2) is 56.3 Å². The van der Waals surface area contributed by atoms with Gasteiger partial charge in [-0.3, -0.25) is 9.30 Å². The molecular weight excluding hydrogens is 537 g/mol. The van der Waals surface area contributed by atoms with Crippen LogP contribution in [0.2, 0.25) is 5.02 Å². The summed E-state index contributed by atoms with van der Waals surface area (Å²) >= 11 is 6.07. The molecule has 0 radical (unpaired) electrons. The minimum Gasteiger partial charge on any atom is -0.357 e. The zero-order valence-corrected chi connectivity index (χ0v) is 21.4. The summed E-state index contributed by atoms with van der Waals surface area (Å²) in [4.78, 5) is 6.51. The van der Waals surface area contributed by atoms with Crippen LogP contribution in [0.25, 0.3) is 0 Å². The molecule has 1 aromatic carbocycles. The lowest BCUT2D eigenvalue weighted by Crippen LogP contribution is -2.39. The molecule has 0 bridgehead atoms. The summed E-state index contributed by atoms with van der Waals surface area (Å²) in [6.45, 7) is 3.99. The summed E-state index contributed by atoms with van der Waals surface area (Å²) in [6, 6.07) is 9.58. The number of benzene rings is 1. The van der Waals surface area contributed by atoms with Crippen molar-refractivity contribution in [3.8, 4) is 0 Å². The van der Waals surface area contributed by atoms with Crippen molar-refractivity contribution in [2.75, 3.05) is 36.7 Å². The van der Waals surface area contributed by atoms with E-state index < -0.39 is 10.0 Å². The lowest BCUT2D eigenvalue weighted by atomic mass is 10.2. The Labute approximate surface area is 201 Å². The van der Waals surface area contributed by atoms with E-state index in [2.05, 4.69) is 10.3 Å². The Bertz CT molecular complexity index is 993. The topological polar surface area (TPSA) is 69.9 Å². The molecule has 0 fully saturated rings. The predicted molar refractivity (Wildman–Crippen MR) is 135 cm³/mol. The van der Waals surface area contributed by atoms with Gasteiger partial charge in [-0.1, -0.05) is 29.8 Å². The Balaban J connectivity index is 0.00000320. The van der Waals surface area contributed by atoms with Crippen molar-refractivity contribution in [1.82, 2.24) is 14.8 Å². The molecule has 0 amide bonds. The number of hydrogen-bond donors (Lipinski definition) is 1. The number of guanidine groups is 1. The average molecular weight is 566 g/mol. The van der Waals surface area contributed by atoms with Crippen LogP contribution in [0.4, 0.5) is 5.69 Å². The Morgan fingerprint density at radius 1 is 1.33 bits per heavy atom. The van der Waals surface area contributed by atoms with Crippen LogP contribution < -0.4 is 9.62 Å². The number of hydrogen-bond acceptors (Lipinski definition) is 3. The van der Waals surface area contributed by atoms with Gasteiger partial charge in [-0.2, -0.15) is 0 Å². The van der Waals surface area contributed by atoms with E-state index in [1.807, 2.05) is 67.0 Å². The average Bonchev–Trinajstić information content (AvgIpc) is 3.24. The van der Waals surface area contributed by atoms with E-state index in [0.717, 1.165) is 23.4 Å². The Hall–Kier alpha value is -1.46. The van der Waals surface area contributed by atoms with E-state index in [1.54, 1.807) is 0 Å². The van der Waals surface area contributed by atoms with Crippen molar-refractivity contribution in [2.24, 2.45) is 12.0 Å². The molecule has 0 aliphatic carbocycles. The molecule has 166 valence electrons. The van der Waals surface area contributed by atoms with Crippen molar-refractivity contribution in [2.45, 2.75) is 19.9 Å². The highest BCUT2D eigenvalue weighted by Gasteiger charge is 2.28. The Morgan fingerprint density at radius 3 is 2.73 bits per heavy atom. The lowest BCUT2D eigenvalue weighted by molar-refractivity contribution is 0.462. The van der Waals surface area contributed by atoms with Gasteiger partial charge in [-0.15, -0.1) is 24.0 Å². The number of fused-ring (bicyclic) bond motifs is 1. The second-order valence-corrected chi connectivity index (χ2v) is 9.57. The largest absolute Gasteiger partial charge is 0.357 e. The van der Waals surface area contributed by atoms with E-state index in [9.17, 15) is 8.42 Å². The van der Waals surface area contributed by atoms with Gasteiger partial charge in [0, 0.05) is 39.1 Å². The second kappa shape index (κ2) is 10.7. The number of anilines is 1. The van der Waals surface area contributed by atoms with Gasteiger partial charge in [0.1, 0.15) is 0 Å². The fraction of sp³-hybridized carbons (Fsp3) is 0.450. The van der Waals surface area contributed by atoms with Gasteiger partial charge in [-0.25, -0.2) is 8.42 Å². The molecular formula is C20H29ClIN5O2S. The first-order valence-corrected chi connectivity index (χ1v) is 11.7. The standard InChI is InChI=1S/C20H28ClN5O2S.HI/c1-4-22-20(25(3)15-18-13-17(21)14-24(18)2)23-10-12-29(27,28)26-11-9-16-7-5-6-8-19(16)26;/h5-8,13-14H,4,9-12,15H2,1-3H3,(H,22,23);1H. The lowest BCUT2D eigenvalue weighted by Gasteiger charge is -2.23. The van der Waals surface area contributed by atoms with E-state index in [0.29, 0.717) is 30.6 Å². The predicted octanol–water partition coefficient (Wildman–Crippen LogP) is 3.09. The number of aryl methyl sites for hydroxylation is 1. The van der Waals surface area contributed by atoms with Crippen LogP contribution in [-0.2, 0) is 30.0 Å². The van der Waals surface area contributed by atoms with Gasteiger partial charge >= 0.3 is 0 Å². The van der Waals surface area contributed by atoms with Crippen molar-refractivity contribution < 1.29 is 8.42 Å². The number of halogens is 2. The zero-order chi connectivity index (χ0) is 21.0. The molecule has 7 nitrogen and oxygen atoms in total. The summed E-state index contributed by atoms with van der Waals surface area (Å²) in [7, 11) is 0.455. The van der Waals surface area contributed by atoms with Crippen LogP contribution >= 0.6 is 35.6 Å². The highest BCUT2D eigenvalue weighted by Crippen LogP contribution is 2.29. The van der Waals surface area contributed by atoms with Crippen molar-refractivity contribution in [3.63, 3.8) is 0 Å². The van der Waals surface area contributed by atoms with Crippen LogP contribution in [0.5, 0.6) is 0 Å². The number of nitrogens with one attached hydrogen (secondary N) is 1. The monoisotopic (exact) mass is 565 g/mol. The van der Waals surface area contributed by atoms with E-state index >= 15 is 0 Å². The first kappa shape index (κ1) is 24.8. The molecule has 0 unspecified atom stereocenters. The van der Waals surface area contributed by atoms with Crippen molar-refractivity contribution in [1.29, 1.82) is 0 Å². The van der Waals surface area contributed by atoms with E-state index in [1.165, 1.54) is 4.31 Å². The molecule has 1 aliphatic rings. The van der Waals surface area contributed by atoms with Crippen molar-refractivity contribution >= 4 is 57.2 Å². The molecule has 0 spiro atoms. The van der Waals surface area contributed by atoms with E-state index in [-0.39, 0.29) is 36.3 Å². The van der Waals surface area contributed by atoms with Crippen LogP contribution in [0.1, 0.15) is 18.2 Å². The number of nitrogens with zero attached hydrogens (tertiary/aromatic N) is 4. The van der Waals surface area contributed by atoms with Crippen LogP contribution in [0, 0.1) is 0 Å². The highest BCUT2D eigenvalue weighted by atomic mass is 127. The van der Waals surface area contributed by atoms with Gasteiger partial charge < -0.3 is 14.8 Å². The van der Waals surface area contributed by atoms with Crippen molar-refractivity contribution in [3.05, 3.63) is 52.8 Å². The van der Waals surface area contributed by atoms with Crippen LogP contribution in [0.3, 0.4) is 0 Å². The summed E-state index contributed by atoms with van der Waals surface area (Å²) in [5.74, 6) is 0.641. The normalized spacial score (nSPS) is 13.7. The summed E-state index contributed by atoms with van der Waals surface area (Å²) < 4.78 is 29.2.